The molecule has 1 aliphatic heterocycles. The Hall–Kier alpha value is -3.71. The Morgan fingerprint density at radius 1 is 0.978 bits per heavy atom. The second kappa shape index (κ2) is 12.6. The molecule has 0 aliphatic carbocycles. The van der Waals surface area contributed by atoms with Crippen LogP contribution in [-0.2, 0) is 27.4 Å². The van der Waals surface area contributed by atoms with Gasteiger partial charge in [-0.3, -0.25) is 14.6 Å². The van der Waals surface area contributed by atoms with E-state index in [2.05, 4.69) is 4.98 Å². The summed E-state index contributed by atoms with van der Waals surface area (Å²) in [4.78, 5) is 33.5. The van der Waals surface area contributed by atoms with Crippen molar-refractivity contribution in [1.29, 1.82) is 0 Å². The summed E-state index contributed by atoms with van der Waals surface area (Å²) in [6.45, 7) is 3.87. The Balaban J connectivity index is 0.00000552. The van der Waals surface area contributed by atoms with Crippen LogP contribution in [0.2, 0.25) is 0 Å². The highest BCUT2D eigenvalue weighted by atomic mass is 35.5. The van der Waals surface area contributed by atoms with Crippen molar-refractivity contribution in [2.45, 2.75) is 44.5 Å². The Labute approximate surface area is 261 Å². The third kappa shape index (κ3) is 6.94. The third-order valence-corrected chi connectivity index (χ3v) is 8.12. The van der Waals surface area contributed by atoms with Crippen LogP contribution >= 0.6 is 12.4 Å². The van der Waals surface area contributed by atoms with E-state index in [1.54, 1.807) is 20.0 Å². The number of benzene rings is 2. The molecule has 1 N–H and O–H groups in total. The van der Waals surface area contributed by atoms with E-state index in [9.17, 15) is 45.4 Å². The number of rotatable bonds is 6. The molecule has 45 heavy (non-hydrogen) atoms. The standard InChI is InChI=1S/C31H30F7N3O3.ClH/c1-16-8-20(32)6-7-21(16)22-12-25(23-14-40(4)27(43)24(23)15-42)39-13-26(22)41(5)28(44)29(2,3)17-9-18(30(33,34)35)11-19(10-17)31(36,37)38;/h6-13,23-24,42H,14-15H2,1-5H3;1H/t23-,24-;/m0./s1. The van der Waals surface area contributed by atoms with E-state index >= 15 is 0 Å². The van der Waals surface area contributed by atoms with Crippen molar-refractivity contribution < 1.29 is 45.4 Å². The van der Waals surface area contributed by atoms with Crippen LogP contribution in [0.1, 0.15) is 47.7 Å². The maximum Gasteiger partial charge on any atom is 0.416 e. The summed E-state index contributed by atoms with van der Waals surface area (Å²) in [5, 5.41) is 9.89. The number of aromatic nitrogens is 1. The molecule has 2 heterocycles. The van der Waals surface area contributed by atoms with Crippen molar-refractivity contribution >= 4 is 29.9 Å². The normalized spacial score (nSPS) is 17.4. The molecule has 1 aromatic heterocycles. The molecule has 0 saturated carbocycles. The highest BCUT2D eigenvalue weighted by Gasteiger charge is 2.42. The molecule has 0 unspecified atom stereocenters. The third-order valence-electron chi connectivity index (χ3n) is 8.12. The molecule has 0 bridgehead atoms. The van der Waals surface area contributed by atoms with E-state index < -0.39 is 64.6 Å². The first kappa shape index (κ1) is 35.8. The molecule has 2 atom stereocenters. The molecule has 2 amide bonds. The van der Waals surface area contributed by atoms with Crippen LogP contribution in [0.15, 0.2) is 48.7 Å². The summed E-state index contributed by atoms with van der Waals surface area (Å²) in [7, 11) is 2.89. The van der Waals surface area contributed by atoms with Gasteiger partial charge in [0.1, 0.15) is 5.82 Å². The van der Waals surface area contributed by atoms with Gasteiger partial charge < -0.3 is 14.9 Å². The number of alkyl halides is 6. The lowest BCUT2D eigenvalue weighted by atomic mass is 9.81. The zero-order valence-electron chi connectivity index (χ0n) is 24.8. The fourth-order valence-corrected chi connectivity index (χ4v) is 5.52. The van der Waals surface area contributed by atoms with Gasteiger partial charge in [-0.25, -0.2) is 4.39 Å². The predicted octanol–water partition coefficient (Wildman–Crippen LogP) is 6.76. The molecule has 0 radical (unpaired) electrons. The number of hydrogen-bond acceptors (Lipinski definition) is 4. The molecule has 14 heteroatoms. The minimum absolute atomic E-state index is 0. The summed E-state index contributed by atoms with van der Waals surface area (Å²) >= 11 is 0. The van der Waals surface area contributed by atoms with Gasteiger partial charge in [-0.1, -0.05) is 6.07 Å². The van der Waals surface area contributed by atoms with Crippen LogP contribution in [0.4, 0.5) is 36.4 Å². The van der Waals surface area contributed by atoms with Gasteiger partial charge in [0, 0.05) is 37.8 Å². The molecule has 4 rings (SSSR count). The first-order valence-corrected chi connectivity index (χ1v) is 13.5. The first-order valence-electron chi connectivity index (χ1n) is 13.5. The number of anilines is 1. The van der Waals surface area contributed by atoms with Crippen LogP contribution in [-0.4, -0.2) is 54.1 Å². The number of amides is 2. The maximum atomic E-state index is 14.0. The van der Waals surface area contributed by atoms with Gasteiger partial charge in [0.25, 0.3) is 0 Å². The zero-order chi connectivity index (χ0) is 32.9. The zero-order valence-corrected chi connectivity index (χ0v) is 25.7. The maximum absolute atomic E-state index is 14.0. The summed E-state index contributed by atoms with van der Waals surface area (Å²) in [6, 6.07) is 6.56. The topological polar surface area (TPSA) is 73.7 Å². The van der Waals surface area contributed by atoms with Gasteiger partial charge in [-0.05, 0) is 73.9 Å². The van der Waals surface area contributed by atoms with Crippen molar-refractivity contribution in [3.05, 3.63) is 82.4 Å². The van der Waals surface area contributed by atoms with E-state index in [4.69, 9.17) is 0 Å². The van der Waals surface area contributed by atoms with E-state index in [1.165, 1.54) is 50.2 Å². The number of halogens is 8. The highest BCUT2D eigenvalue weighted by Crippen LogP contribution is 2.42. The van der Waals surface area contributed by atoms with Gasteiger partial charge in [0.15, 0.2) is 0 Å². The number of likely N-dealkylation sites (tertiary alicyclic amines) is 1. The molecular formula is C31H31ClF7N3O3. The summed E-state index contributed by atoms with van der Waals surface area (Å²) in [6.07, 6.45) is -8.89. The van der Waals surface area contributed by atoms with Gasteiger partial charge in [-0.15, -0.1) is 12.4 Å². The van der Waals surface area contributed by atoms with Crippen LogP contribution < -0.4 is 4.90 Å². The molecule has 6 nitrogen and oxygen atoms in total. The van der Waals surface area contributed by atoms with E-state index in [0.29, 0.717) is 34.5 Å². The Morgan fingerprint density at radius 3 is 2.04 bits per heavy atom. The second-order valence-corrected chi connectivity index (χ2v) is 11.5. The number of carbonyl (C=O) groups excluding carboxylic acids is 2. The van der Waals surface area contributed by atoms with E-state index in [0.717, 1.165) is 4.90 Å². The largest absolute Gasteiger partial charge is 0.416 e. The number of nitrogens with zero attached hydrogens (tertiary/aromatic N) is 3. The number of hydrogen-bond donors (Lipinski definition) is 1. The van der Waals surface area contributed by atoms with Crippen LogP contribution in [0, 0.1) is 18.7 Å². The van der Waals surface area contributed by atoms with E-state index in [-0.39, 0.29) is 36.6 Å². The minimum Gasteiger partial charge on any atom is -0.396 e. The molecule has 1 aliphatic rings. The minimum atomic E-state index is -5.10. The van der Waals surface area contributed by atoms with Crippen molar-refractivity contribution in [3.63, 3.8) is 0 Å². The molecule has 2 aromatic carbocycles. The fourth-order valence-electron chi connectivity index (χ4n) is 5.52. The smallest absolute Gasteiger partial charge is 0.396 e. The lowest BCUT2D eigenvalue weighted by molar-refractivity contribution is -0.143. The number of pyridine rings is 1. The second-order valence-electron chi connectivity index (χ2n) is 11.5. The van der Waals surface area contributed by atoms with Gasteiger partial charge in [0.2, 0.25) is 11.8 Å². The van der Waals surface area contributed by atoms with Crippen LogP contribution in [0.3, 0.4) is 0 Å². The number of likely N-dealkylation sites (N-methyl/N-ethyl adjacent to an activating group) is 2. The average Bonchev–Trinajstić information content (AvgIpc) is 3.23. The number of carbonyl (C=O) groups is 2. The number of aliphatic hydroxyl groups excluding tert-OH is 1. The molecule has 1 fully saturated rings. The Bertz CT molecular complexity index is 1580. The monoisotopic (exact) mass is 661 g/mol. The van der Waals surface area contributed by atoms with Crippen molar-refractivity contribution in [2.75, 3.05) is 32.1 Å². The summed E-state index contributed by atoms with van der Waals surface area (Å²) < 4.78 is 95.5. The quantitative estimate of drug-likeness (QED) is 0.297. The van der Waals surface area contributed by atoms with Crippen LogP contribution in [0.5, 0.6) is 0 Å². The number of aliphatic hydroxyl groups is 1. The molecular weight excluding hydrogens is 631 g/mol. The lowest BCUT2D eigenvalue weighted by Gasteiger charge is -2.32. The highest BCUT2D eigenvalue weighted by molar-refractivity contribution is 6.03. The Kier molecular flexibility index (Phi) is 10.0. The summed E-state index contributed by atoms with van der Waals surface area (Å²) in [5.41, 5.74) is -3.64. The molecule has 244 valence electrons. The lowest BCUT2D eigenvalue weighted by Crippen LogP contribution is -2.42. The van der Waals surface area contributed by atoms with Gasteiger partial charge in [-0.2, -0.15) is 26.3 Å². The SMILES string of the molecule is Cc1cc(F)ccc1-c1cc([C@H]2CN(C)C(=O)[C@H]2CO)ncc1N(C)C(=O)C(C)(C)c1cc(C(F)(F)F)cc(C(F)(F)F)c1.Cl. The predicted molar refractivity (Wildman–Crippen MR) is 155 cm³/mol. The van der Waals surface area contributed by atoms with Crippen molar-refractivity contribution in [3.8, 4) is 11.1 Å². The molecule has 3 aromatic rings. The number of aryl methyl sites for hydroxylation is 1. The van der Waals surface area contributed by atoms with Crippen molar-refractivity contribution in [1.82, 2.24) is 9.88 Å². The molecule has 1 saturated heterocycles. The van der Waals surface area contributed by atoms with Gasteiger partial charge >= 0.3 is 12.4 Å². The van der Waals surface area contributed by atoms with Crippen LogP contribution in [0.25, 0.3) is 11.1 Å². The van der Waals surface area contributed by atoms with Crippen molar-refractivity contribution in [2.24, 2.45) is 5.92 Å². The van der Waals surface area contributed by atoms with E-state index in [1.807, 2.05) is 0 Å². The summed E-state index contributed by atoms with van der Waals surface area (Å²) in [5.74, 6) is -2.95. The fraction of sp³-hybridized carbons (Fsp3) is 0.387. The van der Waals surface area contributed by atoms with Gasteiger partial charge in [0.05, 0.1) is 41.0 Å². The molecule has 0 spiro atoms. The average molecular weight is 662 g/mol. The Morgan fingerprint density at radius 2 is 1.53 bits per heavy atom. The first-order chi connectivity index (χ1) is 20.3.